The summed E-state index contributed by atoms with van der Waals surface area (Å²) in [6, 6.07) is 19.9. The summed E-state index contributed by atoms with van der Waals surface area (Å²) < 4.78 is 0. The first-order chi connectivity index (χ1) is 9.75. The molecule has 2 heteroatoms. The highest BCUT2D eigenvalue weighted by Gasteiger charge is 2.45. The molecule has 102 valence electrons. The second kappa shape index (κ2) is 5.59. The third kappa shape index (κ3) is 2.81. The van der Waals surface area contributed by atoms with Gasteiger partial charge in [-0.15, -0.1) is 0 Å². The fraction of sp³-hybridized carbons (Fsp3) is 0.278. The second-order valence-electron chi connectivity index (χ2n) is 5.56. The van der Waals surface area contributed by atoms with Crippen molar-refractivity contribution in [2.24, 2.45) is 11.7 Å². The fourth-order valence-corrected chi connectivity index (χ4v) is 2.82. The minimum absolute atomic E-state index is 0.121. The van der Waals surface area contributed by atoms with Crippen molar-refractivity contribution in [3.05, 3.63) is 71.8 Å². The van der Waals surface area contributed by atoms with Gasteiger partial charge in [0.25, 0.3) is 0 Å². The van der Waals surface area contributed by atoms with Gasteiger partial charge in [-0.3, -0.25) is 4.79 Å². The van der Waals surface area contributed by atoms with Crippen LogP contribution in [0.3, 0.4) is 0 Å². The van der Waals surface area contributed by atoms with E-state index in [0.29, 0.717) is 12.3 Å². The van der Waals surface area contributed by atoms with Crippen LogP contribution in [0.5, 0.6) is 0 Å². The normalized spacial score (nSPS) is 22.2. The number of nitrogens with two attached hydrogens (primary N) is 1. The summed E-state index contributed by atoms with van der Waals surface area (Å²) in [5.41, 5.74) is 8.47. The van der Waals surface area contributed by atoms with Crippen LogP contribution in [-0.2, 0) is 11.2 Å². The minimum Gasteiger partial charge on any atom is -0.321 e. The molecule has 2 aromatic carbocycles. The molecule has 1 fully saturated rings. The standard InChI is InChI=1S/C18H19NO/c19-17(11-13-7-3-1-4-8-13)18(20)16-12-15(16)14-9-5-2-6-10-14/h1-10,15-17H,11-12,19H2. The van der Waals surface area contributed by atoms with Gasteiger partial charge in [-0.05, 0) is 29.9 Å². The number of hydrogen-bond donors (Lipinski definition) is 1. The van der Waals surface area contributed by atoms with E-state index < -0.39 is 0 Å². The lowest BCUT2D eigenvalue weighted by atomic mass is 9.98. The molecule has 0 aromatic heterocycles. The maximum Gasteiger partial charge on any atom is 0.153 e. The van der Waals surface area contributed by atoms with Gasteiger partial charge in [-0.2, -0.15) is 0 Å². The molecule has 0 spiro atoms. The lowest BCUT2D eigenvalue weighted by molar-refractivity contribution is -0.121. The van der Waals surface area contributed by atoms with Gasteiger partial charge in [0.2, 0.25) is 0 Å². The van der Waals surface area contributed by atoms with Crippen molar-refractivity contribution in [1.29, 1.82) is 0 Å². The van der Waals surface area contributed by atoms with Crippen LogP contribution in [0.1, 0.15) is 23.5 Å². The average molecular weight is 265 g/mol. The van der Waals surface area contributed by atoms with Crippen LogP contribution >= 0.6 is 0 Å². The summed E-state index contributed by atoms with van der Waals surface area (Å²) in [6.07, 6.45) is 1.59. The summed E-state index contributed by atoms with van der Waals surface area (Å²) in [5, 5.41) is 0. The van der Waals surface area contributed by atoms with Crippen LogP contribution in [0.4, 0.5) is 0 Å². The molecular formula is C18H19NO. The van der Waals surface area contributed by atoms with Crippen LogP contribution in [0.25, 0.3) is 0 Å². The molecule has 2 N–H and O–H groups in total. The Hall–Kier alpha value is -1.93. The van der Waals surface area contributed by atoms with E-state index in [1.165, 1.54) is 5.56 Å². The highest BCUT2D eigenvalue weighted by Crippen LogP contribution is 2.48. The van der Waals surface area contributed by atoms with Crippen molar-refractivity contribution < 1.29 is 4.79 Å². The SMILES string of the molecule is NC(Cc1ccccc1)C(=O)C1CC1c1ccccc1. The van der Waals surface area contributed by atoms with Gasteiger partial charge in [0.05, 0.1) is 6.04 Å². The van der Waals surface area contributed by atoms with E-state index in [1.54, 1.807) is 0 Å². The van der Waals surface area contributed by atoms with E-state index in [2.05, 4.69) is 12.1 Å². The predicted molar refractivity (Wildman–Crippen MR) is 80.4 cm³/mol. The number of ketones is 1. The molecule has 1 saturated carbocycles. The van der Waals surface area contributed by atoms with Crippen LogP contribution in [0, 0.1) is 5.92 Å². The quantitative estimate of drug-likeness (QED) is 0.903. The Kier molecular flexibility index (Phi) is 3.66. The third-order valence-electron chi connectivity index (χ3n) is 4.05. The van der Waals surface area contributed by atoms with Gasteiger partial charge in [-0.1, -0.05) is 60.7 Å². The molecule has 2 nitrogen and oxygen atoms in total. The Morgan fingerprint density at radius 3 is 2.30 bits per heavy atom. The van der Waals surface area contributed by atoms with Gasteiger partial charge in [-0.25, -0.2) is 0 Å². The lowest BCUT2D eigenvalue weighted by Crippen LogP contribution is -2.34. The third-order valence-corrected chi connectivity index (χ3v) is 4.05. The maximum absolute atomic E-state index is 12.4. The number of Topliss-reactive ketones (excluding diaryl/α,β-unsaturated/α-hetero) is 1. The number of benzene rings is 2. The molecule has 0 radical (unpaired) electrons. The molecular weight excluding hydrogens is 246 g/mol. The first-order valence-corrected chi connectivity index (χ1v) is 7.14. The molecule has 0 heterocycles. The Labute approximate surface area is 119 Å². The molecule has 3 atom stereocenters. The van der Waals surface area contributed by atoms with Crippen molar-refractivity contribution in [3.63, 3.8) is 0 Å². The highest BCUT2D eigenvalue weighted by molar-refractivity contribution is 5.89. The van der Waals surface area contributed by atoms with Crippen LogP contribution in [0.2, 0.25) is 0 Å². The molecule has 2 aromatic rings. The minimum atomic E-state index is -0.379. The molecule has 0 amide bonds. The van der Waals surface area contributed by atoms with E-state index in [0.717, 1.165) is 12.0 Å². The van der Waals surface area contributed by atoms with E-state index in [-0.39, 0.29) is 17.7 Å². The number of carbonyl (C=O) groups is 1. The summed E-state index contributed by atoms with van der Waals surface area (Å²) in [7, 11) is 0. The van der Waals surface area contributed by atoms with Crippen molar-refractivity contribution >= 4 is 5.78 Å². The van der Waals surface area contributed by atoms with Gasteiger partial charge >= 0.3 is 0 Å². The van der Waals surface area contributed by atoms with Gasteiger partial charge < -0.3 is 5.73 Å². The number of carbonyl (C=O) groups excluding carboxylic acids is 1. The molecule has 0 saturated heterocycles. The summed E-state index contributed by atoms with van der Waals surface area (Å²) in [5.74, 6) is 0.712. The van der Waals surface area contributed by atoms with E-state index in [4.69, 9.17) is 5.73 Å². The monoisotopic (exact) mass is 265 g/mol. The van der Waals surface area contributed by atoms with Crippen LogP contribution in [0.15, 0.2) is 60.7 Å². The summed E-state index contributed by atoms with van der Waals surface area (Å²) >= 11 is 0. The molecule has 3 unspecified atom stereocenters. The Morgan fingerprint density at radius 1 is 1.05 bits per heavy atom. The van der Waals surface area contributed by atoms with Crippen LogP contribution < -0.4 is 5.73 Å². The molecule has 1 aliphatic carbocycles. The van der Waals surface area contributed by atoms with Crippen molar-refractivity contribution in [3.8, 4) is 0 Å². The molecule has 0 bridgehead atoms. The molecule has 3 rings (SSSR count). The van der Waals surface area contributed by atoms with E-state index in [9.17, 15) is 4.79 Å². The average Bonchev–Trinajstić information content (AvgIpc) is 3.29. The first-order valence-electron chi connectivity index (χ1n) is 7.14. The topological polar surface area (TPSA) is 43.1 Å². The zero-order valence-electron chi connectivity index (χ0n) is 11.4. The zero-order valence-corrected chi connectivity index (χ0v) is 11.4. The summed E-state index contributed by atoms with van der Waals surface area (Å²) in [6.45, 7) is 0. The Morgan fingerprint density at radius 2 is 1.65 bits per heavy atom. The van der Waals surface area contributed by atoms with Crippen molar-refractivity contribution in [2.45, 2.75) is 24.8 Å². The van der Waals surface area contributed by atoms with Crippen molar-refractivity contribution in [2.75, 3.05) is 0 Å². The second-order valence-corrected chi connectivity index (χ2v) is 5.56. The summed E-state index contributed by atoms with van der Waals surface area (Å²) in [4.78, 5) is 12.4. The van der Waals surface area contributed by atoms with E-state index >= 15 is 0 Å². The number of rotatable bonds is 5. The Balaban J connectivity index is 1.60. The highest BCUT2D eigenvalue weighted by atomic mass is 16.1. The molecule has 20 heavy (non-hydrogen) atoms. The first kappa shape index (κ1) is 13.1. The Bertz CT molecular complexity index is 575. The largest absolute Gasteiger partial charge is 0.321 e. The lowest BCUT2D eigenvalue weighted by Gasteiger charge is -2.10. The van der Waals surface area contributed by atoms with Gasteiger partial charge in [0.1, 0.15) is 0 Å². The zero-order chi connectivity index (χ0) is 13.9. The fourth-order valence-electron chi connectivity index (χ4n) is 2.82. The maximum atomic E-state index is 12.4. The smallest absolute Gasteiger partial charge is 0.153 e. The van der Waals surface area contributed by atoms with Crippen LogP contribution in [-0.4, -0.2) is 11.8 Å². The van der Waals surface area contributed by atoms with Gasteiger partial charge in [0.15, 0.2) is 5.78 Å². The predicted octanol–water partition coefficient (Wildman–Crippen LogP) is 2.93. The van der Waals surface area contributed by atoms with Crippen molar-refractivity contribution in [1.82, 2.24) is 0 Å². The van der Waals surface area contributed by atoms with Gasteiger partial charge in [0, 0.05) is 5.92 Å². The molecule has 1 aliphatic rings. The van der Waals surface area contributed by atoms with E-state index in [1.807, 2.05) is 48.5 Å². The molecule has 0 aliphatic heterocycles. The number of hydrogen-bond acceptors (Lipinski definition) is 2.